The van der Waals surface area contributed by atoms with Gasteiger partial charge in [0.05, 0.1) is 13.2 Å². The maximum atomic E-state index is 11.7. The van der Waals surface area contributed by atoms with E-state index in [1.54, 1.807) is 11.3 Å². The van der Waals surface area contributed by atoms with E-state index in [4.69, 9.17) is 4.74 Å². The van der Waals surface area contributed by atoms with E-state index in [2.05, 4.69) is 28.7 Å². The van der Waals surface area contributed by atoms with Crippen LogP contribution in [0, 0.1) is 0 Å². The minimum absolute atomic E-state index is 0.0782. The maximum Gasteiger partial charge on any atom is 0.320 e. The number of thiophene rings is 1. The number of hydrogen-bond acceptors (Lipinski definition) is 4. The fourth-order valence-electron chi connectivity index (χ4n) is 1.91. The third kappa shape index (κ3) is 4.42. The van der Waals surface area contributed by atoms with Crippen LogP contribution in [0.1, 0.15) is 38.2 Å². The van der Waals surface area contributed by atoms with E-state index < -0.39 is 0 Å². The van der Waals surface area contributed by atoms with Crippen molar-refractivity contribution in [3.05, 3.63) is 22.4 Å². The molecule has 18 heavy (non-hydrogen) atoms. The number of carbonyl (C=O) groups is 1. The van der Waals surface area contributed by atoms with Crippen molar-refractivity contribution in [2.45, 2.75) is 45.2 Å². The van der Waals surface area contributed by atoms with Gasteiger partial charge in [-0.3, -0.25) is 9.69 Å². The molecule has 0 spiro atoms. The Morgan fingerprint density at radius 3 is 3.00 bits per heavy atom. The summed E-state index contributed by atoms with van der Waals surface area (Å²) in [7, 11) is 0. The SMILES string of the molecule is CCCCOC(=O)CN(Cc1ccsc1)C1CC1. The fraction of sp³-hybridized carbons (Fsp3) is 0.643. The molecular weight excluding hydrogens is 246 g/mol. The summed E-state index contributed by atoms with van der Waals surface area (Å²) in [6, 6.07) is 2.71. The summed E-state index contributed by atoms with van der Waals surface area (Å²) in [5.74, 6) is -0.0782. The second-order valence-electron chi connectivity index (χ2n) is 4.84. The summed E-state index contributed by atoms with van der Waals surface area (Å²) in [5.41, 5.74) is 1.30. The average molecular weight is 267 g/mol. The molecular formula is C14H21NO2S. The molecule has 1 fully saturated rings. The molecule has 4 heteroatoms. The number of hydrogen-bond donors (Lipinski definition) is 0. The van der Waals surface area contributed by atoms with E-state index in [1.165, 1.54) is 18.4 Å². The summed E-state index contributed by atoms with van der Waals surface area (Å²) in [4.78, 5) is 14.0. The summed E-state index contributed by atoms with van der Waals surface area (Å²) in [6.45, 7) is 3.97. The van der Waals surface area contributed by atoms with Gasteiger partial charge >= 0.3 is 5.97 Å². The van der Waals surface area contributed by atoms with E-state index in [-0.39, 0.29) is 5.97 Å². The molecule has 0 aliphatic heterocycles. The highest BCUT2D eigenvalue weighted by atomic mass is 32.1. The molecule has 1 aliphatic rings. The van der Waals surface area contributed by atoms with E-state index in [9.17, 15) is 4.79 Å². The molecule has 0 N–H and O–H groups in total. The number of ether oxygens (including phenoxy) is 1. The summed E-state index contributed by atoms with van der Waals surface area (Å²) >= 11 is 1.71. The zero-order valence-corrected chi connectivity index (χ0v) is 11.7. The molecule has 1 heterocycles. The van der Waals surface area contributed by atoms with Crippen molar-refractivity contribution >= 4 is 17.3 Å². The first-order valence-corrected chi connectivity index (χ1v) is 7.64. The molecule has 0 saturated heterocycles. The molecule has 0 radical (unpaired) electrons. The zero-order chi connectivity index (χ0) is 12.8. The highest BCUT2D eigenvalue weighted by Crippen LogP contribution is 2.28. The molecule has 0 amide bonds. The van der Waals surface area contributed by atoms with Gasteiger partial charge in [-0.1, -0.05) is 13.3 Å². The topological polar surface area (TPSA) is 29.5 Å². The third-order valence-corrected chi connectivity index (χ3v) is 3.85. The van der Waals surface area contributed by atoms with Crippen molar-refractivity contribution in [3.8, 4) is 0 Å². The Bertz CT molecular complexity index is 360. The van der Waals surface area contributed by atoms with Crippen molar-refractivity contribution in [2.24, 2.45) is 0 Å². The van der Waals surface area contributed by atoms with Gasteiger partial charge in [0.2, 0.25) is 0 Å². The van der Waals surface area contributed by atoms with Crippen LogP contribution in [0.2, 0.25) is 0 Å². The van der Waals surface area contributed by atoms with Gasteiger partial charge in [-0.2, -0.15) is 11.3 Å². The van der Waals surface area contributed by atoms with Gasteiger partial charge in [0.15, 0.2) is 0 Å². The van der Waals surface area contributed by atoms with Crippen LogP contribution in [0.4, 0.5) is 0 Å². The molecule has 1 aromatic rings. The van der Waals surface area contributed by atoms with Crippen LogP contribution in [0.15, 0.2) is 16.8 Å². The molecule has 3 nitrogen and oxygen atoms in total. The Labute approximate surface area is 113 Å². The number of esters is 1. The minimum atomic E-state index is -0.0782. The fourth-order valence-corrected chi connectivity index (χ4v) is 2.57. The Balaban J connectivity index is 1.77. The normalized spacial score (nSPS) is 15.0. The molecule has 0 bridgehead atoms. The van der Waals surface area contributed by atoms with E-state index in [0.717, 1.165) is 19.4 Å². The third-order valence-electron chi connectivity index (χ3n) is 3.12. The molecule has 100 valence electrons. The molecule has 1 aromatic heterocycles. The lowest BCUT2D eigenvalue weighted by Gasteiger charge is -2.20. The van der Waals surface area contributed by atoms with Crippen LogP contribution in [-0.4, -0.2) is 30.1 Å². The largest absolute Gasteiger partial charge is 0.465 e. The van der Waals surface area contributed by atoms with Gasteiger partial charge in [-0.05, 0) is 41.7 Å². The highest BCUT2D eigenvalue weighted by Gasteiger charge is 2.30. The summed E-state index contributed by atoms with van der Waals surface area (Å²) in [5, 5.41) is 4.23. The standard InChI is InChI=1S/C14H21NO2S/c1-2-3-7-17-14(16)10-15(13-4-5-13)9-12-6-8-18-11-12/h6,8,11,13H,2-5,7,9-10H2,1H3. The summed E-state index contributed by atoms with van der Waals surface area (Å²) < 4.78 is 5.23. The van der Waals surface area contributed by atoms with Crippen LogP contribution in [0.25, 0.3) is 0 Å². The van der Waals surface area contributed by atoms with Crippen LogP contribution in [0.5, 0.6) is 0 Å². The smallest absolute Gasteiger partial charge is 0.320 e. The first-order valence-electron chi connectivity index (χ1n) is 6.70. The predicted molar refractivity (Wildman–Crippen MR) is 73.6 cm³/mol. The van der Waals surface area contributed by atoms with E-state index >= 15 is 0 Å². The molecule has 1 aliphatic carbocycles. The van der Waals surface area contributed by atoms with Crippen LogP contribution in [0.3, 0.4) is 0 Å². The first kappa shape index (κ1) is 13.6. The van der Waals surface area contributed by atoms with Crippen LogP contribution >= 0.6 is 11.3 Å². The van der Waals surface area contributed by atoms with E-state index in [0.29, 0.717) is 19.2 Å². The van der Waals surface area contributed by atoms with Crippen molar-refractivity contribution in [2.75, 3.05) is 13.2 Å². The predicted octanol–water partition coefficient (Wildman–Crippen LogP) is 3.06. The number of nitrogens with zero attached hydrogens (tertiary/aromatic N) is 1. The van der Waals surface area contributed by atoms with Crippen molar-refractivity contribution in [1.82, 2.24) is 4.90 Å². The molecule has 0 aromatic carbocycles. The number of rotatable bonds is 8. The monoisotopic (exact) mass is 267 g/mol. The van der Waals surface area contributed by atoms with Gasteiger partial charge < -0.3 is 4.74 Å². The number of carbonyl (C=O) groups excluding carboxylic acids is 1. The Hall–Kier alpha value is -0.870. The van der Waals surface area contributed by atoms with Crippen molar-refractivity contribution in [1.29, 1.82) is 0 Å². The molecule has 0 unspecified atom stereocenters. The average Bonchev–Trinajstić information content (AvgIpc) is 3.08. The van der Waals surface area contributed by atoms with Crippen LogP contribution < -0.4 is 0 Å². The molecule has 0 atom stereocenters. The second-order valence-corrected chi connectivity index (χ2v) is 5.62. The molecule has 2 rings (SSSR count). The lowest BCUT2D eigenvalue weighted by Crippen LogP contribution is -2.32. The maximum absolute atomic E-state index is 11.7. The Morgan fingerprint density at radius 1 is 1.56 bits per heavy atom. The van der Waals surface area contributed by atoms with Gasteiger partial charge in [0.1, 0.15) is 0 Å². The van der Waals surface area contributed by atoms with E-state index in [1.807, 2.05) is 0 Å². The molecule has 1 saturated carbocycles. The quantitative estimate of drug-likeness (QED) is 0.535. The minimum Gasteiger partial charge on any atom is -0.465 e. The van der Waals surface area contributed by atoms with Crippen LogP contribution in [-0.2, 0) is 16.1 Å². The Morgan fingerprint density at radius 2 is 2.39 bits per heavy atom. The van der Waals surface area contributed by atoms with Crippen molar-refractivity contribution < 1.29 is 9.53 Å². The zero-order valence-electron chi connectivity index (χ0n) is 10.9. The van der Waals surface area contributed by atoms with Gasteiger partial charge in [0.25, 0.3) is 0 Å². The number of unbranched alkanes of at least 4 members (excludes halogenated alkanes) is 1. The second kappa shape index (κ2) is 6.90. The van der Waals surface area contributed by atoms with Gasteiger partial charge in [0, 0.05) is 12.6 Å². The lowest BCUT2D eigenvalue weighted by molar-refractivity contribution is -0.145. The Kier molecular flexibility index (Phi) is 5.20. The van der Waals surface area contributed by atoms with Gasteiger partial charge in [-0.25, -0.2) is 0 Å². The lowest BCUT2D eigenvalue weighted by atomic mass is 10.3. The highest BCUT2D eigenvalue weighted by molar-refractivity contribution is 7.07. The first-order chi connectivity index (χ1) is 8.79. The van der Waals surface area contributed by atoms with Gasteiger partial charge in [-0.15, -0.1) is 0 Å². The van der Waals surface area contributed by atoms with Crippen molar-refractivity contribution in [3.63, 3.8) is 0 Å². The summed E-state index contributed by atoms with van der Waals surface area (Å²) in [6.07, 6.45) is 4.45.